The molecule has 34 heavy (non-hydrogen) atoms. The van der Waals surface area contributed by atoms with E-state index in [1.165, 1.54) is 12.5 Å². The first-order valence-electron chi connectivity index (χ1n) is 12.0. The van der Waals surface area contributed by atoms with Crippen LogP contribution in [0.2, 0.25) is 0 Å². The van der Waals surface area contributed by atoms with Crippen LogP contribution < -0.4 is 15.5 Å². The Hall–Kier alpha value is -3.40. The first kappa shape index (κ1) is 25.2. The molecule has 0 saturated carbocycles. The third kappa shape index (κ3) is 6.34. The van der Waals surface area contributed by atoms with Crippen molar-refractivity contribution in [2.45, 2.75) is 71.9 Å². The number of carbonyl (C=O) groups excluding carboxylic acids is 2. The van der Waals surface area contributed by atoms with Gasteiger partial charge in [-0.25, -0.2) is 4.98 Å². The van der Waals surface area contributed by atoms with E-state index in [0.29, 0.717) is 31.0 Å². The molecule has 1 atom stereocenters. The van der Waals surface area contributed by atoms with E-state index in [4.69, 9.17) is 0 Å². The molecule has 1 fully saturated rings. The van der Waals surface area contributed by atoms with Crippen molar-refractivity contribution in [3.63, 3.8) is 0 Å². The summed E-state index contributed by atoms with van der Waals surface area (Å²) in [5.41, 5.74) is 4.69. The quantitative estimate of drug-likeness (QED) is 0.657. The monoisotopic (exact) mass is 461 g/mol. The molecule has 1 aromatic heterocycles. The van der Waals surface area contributed by atoms with Crippen molar-refractivity contribution < 1.29 is 9.59 Å². The SMILES string of the molecule is CC(=O)N[C@@H](Cc1ccc(C(C)C)cc1)C(=O)NC1CCN(c2nc(C)cc(C)c2C#N)CC1. The van der Waals surface area contributed by atoms with E-state index in [-0.39, 0.29) is 17.9 Å². The van der Waals surface area contributed by atoms with E-state index >= 15 is 0 Å². The summed E-state index contributed by atoms with van der Waals surface area (Å²) in [6.07, 6.45) is 1.95. The molecule has 7 nitrogen and oxygen atoms in total. The Morgan fingerprint density at radius 1 is 1.18 bits per heavy atom. The van der Waals surface area contributed by atoms with Crippen LogP contribution >= 0.6 is 0 Å². The number of hydrogen-bond donors (Lipinski definition) is 2. The average Bonchev–Trinajstić information content (AvgIpc) is 2.78. The van der Waals surface area contributed by atoms with Crippen molar-refractivity contribution in [2.75, 3.05) is 18.0 Å². The van der Waals surface area contributed by atoms with Gasteiger partial charge in [0, 0.05) is 38.2 Å². The number of nitrogens with one attached hydrogen (secondary N) is 2. The van der Waals surface area contributed by atoms with E-state index in [9.17, 15) is 14.9 Å². The summed E-state index contributed by atoms with van der Waals surface area (Å²) < 4.78 is 0. The molecule has 0 unspecified atom stereocenters. The van der Waals surface area contributed by atoms with Gasteiger partial charge in [0.25, 0.3) is 0 Å². The molecular formula is C27H35N5O2. The number of piperidine rings is 1. The number of benzene rings is 1. The molecule has 0 bridgehead atoms. The maximum absolute atomic E-state index is 13.1. The second-order valence-electron chi connectivity index (χ2n) is 9.51. The Kier molecular flexibility index (Phi) is 8.27. The topological polar surface area (TPSA) is 98.1 Å². The predicted octanol–water partition coefficient (Wildman–Crippen LogP) is 3.53. The molecule has 1 saturated heterocycles. The van der Waals surface area contributed by atoms with Crippen LogP contribution in [0, 0.1) is 25.2 Å². The third-order valence-electron chi connectivity index (χ3n) is 6.36. The minimum Gasteiger partial charge on any atom is -0.355 e. The molecule has 0 aliphatic carbocycles. The summed E-state index contributed by atoms with van der Waals surface area (Å²) in [6, 6.07) is 11.8. The summed E-state index contributed by atoms with van der Waals surface area (Å²) in [6.45, 7) is 11.0. The third-order valence-corrected chi connectivity index (χ3v) is 6.36. The number of nitriles is 1. The Bertz CT molecular complexity index is 1060. The number of amides is 2. The standard InChI is InChI=1S/C27H35N5O2/c1-17(2)22-8-6-21(7-9-22)15-25(30-20(5)33)27(34)31-23-10-12-32(13-11-23)26-24(16-28)18(3)14-19(4)29-26/h6-9,14,17,23,25H,10-13,15H2,1-5H3,(H,30,33)(H,31,34)/t25-/m0/s1. The number of rotatable bonds is 7. The van der Waals surface area contributed by atoms with Crippen molar-refractivity contribution in [3.05, 3.63) is 58.3 Å². The van der Waals surface area contributed by atoms with E-state index < -0.39 is 6.04 Å². The first-order valence-corrected chi connectivity index (χ1v) is 12.0. The molecule has 0 spiro atoms. The fraction of sp³-hybridized carbons (Fsp3) is 0.481. The highest BCUT2D eigenvalue weighted by Gasteiger charge is 2.27. The highest BCUT2D eigenvalue weighted by Crippen LogP contribution is 2.25. The molecule has 1 aliphatic heterocycles. The van der Waals surface area contributed by atoms with Crippen LogP contribution in [-0.2, 0) is 16.0 Å². The molecule has 1 aromatic carbocycles. The van der Waals surface area contributed by atoms with Gasteiger partial charge in [0.05, 0.1) is 5.56 Å². The molecule has 3 rings (SSSR count). The number of nitrogens with zero attached hydrogens (tertiary/aromatic N) is 3. The van der Waals surface area contributed by atoms with Gasteiger partial charge in [-0.15, -0.1) is 0 Å². The summed E-state index contributed by atoms with van der Waals surface area (Å²) in [5, 5.41) is 15.5. The molecule has 2 N–H and O–H groups in total. The lowest BCUT2D eigenvalue weighted by Crippen LogP contribution is -2.52. The number of anilines is 1. The molecule has 7 heteroatoms. The summed E-state index contributed by atoms with van der Waals surface area (Å²) in [4.78, 5) is 31.6. The van der Waals surface area contributed by atoms with Gasteiger partial charge in [-0.3, -0.25) is 9.59 Å². The van der Waals surface area contributed by atoms with E-state index in [1.54, 1.807) is 0 Å². The Balaban J connectivity index is 1.62. The zero-order chi connectivity index (χ0) is 24.8. The first-order chi connectivity index (χ1) is 16.2. The van der Waals surface area contributed by atoms with Gasteiger partial charge in [-0.1, -0.05) is 38.1 Å². The van der Waals surface area contributed by atoms with E-state index in [1.807, 2.05) is 32.0 Å². The van der Waals surface area contributed by atoms with Crippen molar-refractivity contribution in [3.8, 4) is 6.07 Å². The molecule has 2 amide bonds. The zero-order valence-electron chi connectivity index (χ0n) is 20.8. The van der Waals surface area contributed by atoms with E-state index in [2.05, 4.69) is 52.6 Å². The normalized spacial score (nSPS) is 15.0. The minimum atomic E-state index is -0.619. The van der Waals surface area contributed by atoms with Gasteiger partial charge in [-0.05, 0) is 55.4 Å². The largest absolute Gasteiger partial charge is 0.355 e. The van der Waals surface area contributed by atoms with Crippen molar-refractivity contribution >= 4 is 17.6 Å². The van der Waals surface area contributed by atoms with Crippen LogP contribution in [0.15, 0.2) is 30.3 Å². The molecule has 0 radical (unpaired) electrons. The summed E-state index contributed by atoms with van der Waals surface area (Å²) >= 11 is 0. The summed E-state index contributed by atoms with van der Waals surface area (Å²) in [7, 11) is 0. The van der Waals surface area contributed by atoms with Gasteiger partial charge in [0.1, 0.15) is 17.9 Å². The number of carbonyl (C=O) groups is 2. The summed E-state index contributed by atoms with van der Waals surface area (Å²) in [5.74, 6) is 0.783. The minimum absolute atomic E-state index is 0.0137. The molecule has 2 aromatic rings. The maximum atomic E-state index is 13.1. The Morgan fingerprint density at radius 3 is 2.38 bits per heavy atom. The van der Waals surface area contributed by atoms with Gasteiger partial charge >= 0.3 is 0 Å². The number of aryl methyl sites for hydroxylation is 2. The van der Waals surface area contributed by atoms with Crippen LogP contribution in [0.5, 0.6) is 0 Å². The van der Waals surface area contributed by atoms with Crippen LogP contribution in [0.25, 0.3) is 0 Å². The molecule has 1 aliphatic rings. The predicted molar refractivity (Wildman–Crippen MR) is 134 cm³/mol. The maximum Gasteiger partial charge on any atom is 0.243 e. The fourth-order valence-corrected chi connectivity index (χ4v) is 4.45. The second-order valence-corrected chi connectivity index (χ2v) is 9.51. The lowest BCUT2D eigenvalue weighted by atomic mass is 9.98. The van der Waals surface area contributed by atoms with Crippen LogP contribution in [0.1, 0.15) is 67.5 Å². The van der Waals surface area contributed by atoms with Gasteiger partial charge in [0.15, 0.2) is 0 Å². The van der Waals surface area contributed by atoms with Gasteiger partial charge in [0.2, 0.25) is 11.8 Å². The Labute approximate surface area is 202 Å². The van der Waals surface area contributed by atoms with Crippen LogP contribution in [0.3, 0.4) is 0 Å². The van der Waals surface area contributed by atoms with Crippen molar-refractivity contribution in [1.29, 1.82) is 5.26 Å². The fourth-order valence-electron chi connectivity index (χ4n) is 4.45. The molecule has 180 valence electrons. The average molecular weight is 462 g/mol. The van der Waals surface area contributed by atoms with Crippen LogP contribution in [-0.4, -0.2) is 42.0 Å². The zero-order valence-corrected chi connectivity index (χ0v) is 20.8. The lowest BCUT2D eigenvalue weighted by molar-refractivity contribution is -0.128. The van der Waals surface area contributed by atoms with Gasteiger partial charge in [-0.2, -0.15) is 5.26 Å². The Morgan fingerprint density at radius 2 is 1.82 bits per heavy atom. The van der Waals surface area contributed by atoms with Gasteiger partial charge < -0.3 is 15.5 Å². The number of aromatic nitrogens is 1. The second kappa shape index (κ2) is 11.1. The van der Waals surface area contributed by atoms with Crippen LogP contribution in [0.4, 0.5) is 5.82 Å². The molecule has 2 heterocycles. The number of hydrogen-bond acceptors (Lipinski definition) is 5. The highest BCUT2D eigenvalue weighted by molar-refractivity contribution is 5.87. The number of pyridine rings is 1. The lowest BCUT2D eigenvalue weighted by Gasteiger charge is -2.34. The van der Waals surface area contributed by atoms with Crippen molar-refractivity contribution in [1.82, 2.24) is 15.6 Å². The highest BCUT2D eigenvalue weighted by atomic mass is 16.2. The van der Waals surface area contributed by atoms with Crippen molar-refractivity contribution in [2.24, 2.45) is 0 Å². The van der Waals surface area contributed by atoms with E-state index in [0.717, 1.165) is 35.5 Å². The smallest absolute Gasteiger partial charge is 0.243 e. The molecular weight excluding hydrogens is 426 g/mol.